The minimum absolute atomic E-state index is 0.0909. The molecule has 1 aliphatic rings. The van der Waals surface area contributed by atoms with Gasteiger partial charge in [0, 0.05) is 10.9 Å². The third kappa shape index (κ3) is 4.48. The highest BCUT2D eigenvalue weighted by Gasteiger charge is 2.19. The smallest absolute Gasteiger partial charge is 0.262 e. The van der Waals surface area contributed by atoms with Gasteiger partial charge in [-0.2, -0.15) is 0 Å². The molecule has 1 aliphatic carbocycles. The van der Waals surface area contributed by atoms with Crippen molar-refractivity contribution in [3.63, 3.8) is 0 Å². The number of rotatable bonds is 6. The molecule has 0 bridgehead atoms. The van der Waals surface area contributed by atoms with Crippen molar-refractivity contribution in [3.05, 3.63) is 57.2 Å². The van der Waals surface area contributed by atoms with Crippen LogP contribution in [0, 0.1) is 5.82 Å². The molecule has 0 spiro atoms. The predicted octanol–water partition coefficient (Wildman–Crippen LogP) is 3.06. The first-order valence-corrected chi connectivity index (χ1v) is 10.6. The maximum absolute atomic E-state index is 13.1. The lowest BCUT2D eigenvalue weighted by Crippen LogP contribution is -2.34. The van der Waals surface area contributed by atoms with E-state index < -0.39 is 0 Å². The molecule has 2 aromatic heterocycles. The van der Waals surface area contributed by atoms with E-state index in [0.717, 1.165) is 36.1 Å². The highest BCUT2D eigenvalue weighted by Crippen LogP contribution is 2.32. The minimum Gasteiger partial charge on any atom is -0.492 e. The number of aromatic nitrogens is 2. The monoisotopic (exact) mass is 415 g/mol. The van der Waals surface area contributed by atoms with Gasteiger partial charge >= 0.3 is 0 Å². The molecule has 0 atom stereocenters. The zero-order valence-electron chi connectivity index (χ0n) is 15.9. The van der Waals surface area contributed by atoms with Crippen molar-refractivity contribution < 1.29 is 13.9 Å². The fourth-order valence-corrected chi connectivity index (χ4v) is 4.82. The molecule has 152 valence electrons. The van der Waals surface area contributed by atoms with Crippen LogP contribution in [0.1, 0.15) is 29.7 Å². The lowest BCUT2D eigenvalue weighted by molar-refractivity contribution is -0.121. The van der Waals surface area contributed by atoms with Crippen molar-refractivity contribution in [1.82, 2.24) is 14.9 Å². The van der Waals surface area contributed by atoms with Crippen LogP contribution >= 0.6 is 11.3 Å². The van der Waals surface area contributed by atoms with Gasteiger partial charge in [-0.15, -0.1) is 11.3 Å². The van der Waals surface area contributed by atoms with Crippen LogP contribution in [-0.2, 0) is 24.2 Å². The molecule has 0 aliphatic heterocycles. The van der Waals surface area contributed by atoms with Crippen molar-refractivity contribution in [2.75, 3.05) is 13.2 Å². The molecule has 0 fully saturated rings. The lowest BCUT2D eigenvalue weighted by Gasteiger charge is -2.09. The van der Waals surface area contributed by atoms with Gasteiger partial charge in [0.25, 0.3) is 5.56 Å². The molecule has 3 aromatic rings. The summed E-state index contributed by atoms with van der Waals surface area (Å²) >= 11 is 1.60. The van der Waals surface area contributed by atoms with Crippen LogP contribution in [-0.4, -0.2) is 28.6 Å². The summed E-state index contributed by atoms with van der Waals surface area (Å²) in [7, 11) is 0. The average Bonchev–Trinajstić information content (AvgIpc) is 2.90. The molecular weight excluding hydrogens is 393 g/mol. The Balaban J connectivity index is 1.38. The molecule has 29 heavy (non-hydrogen) atoms. The number of nitrogens with zero attached hydrogens (tertiary/aromatic N) is 2. The first-order valence-electron chi connectivity index (χ1n) is 9.76. The first-order chi connectivity index (χ1) is 14.1. The zero-order chi connectivity index (χ0) is 20.2. The van der Waals surface area contributed by atoms with Gasteiger partial charge in [-0.05, 0) is 43.4 Å². The van der Waals surface area contributed by atoms with E-state index in [-0.39, 0.29) is 37.0 Å². The molecule has 0 saturated carbocycles. The number of benzene rings is 1. The molecular formula is C21H22FN3O3S. The Morgan fingerprint density at radius 2 is 2.14 bits per heavy atom. The summed E-state index contributed by atoms with van der Waals surface area (Å²) in [6.45, 7) is 0.374. The minimum atomic E-state index is -0.375. The van der Waals surface area contributed by atoms with Crippen molar-refractivity contribution in [2.45, 2.75) is 38.6 Å². The Hall–Kier alpha value is -2.74. The molecule has 1 N–H and O–H groups in total. The van der Waals surface area contributed by atoms with Gasteiger partial charge in [0.1, 0.15) is 29.5 Å². The van der Waals surface area contributed by atoms with Crippen molar-refractivity contribution in [1.29, 1.82) is 0 Å². The molecule has 4 rings (SSSR count). The van der Waals surface area contributed by atoms with Crippen LogP contribution in [0.5, 0.6) is 5.75 Å². The van der Waals surface area contributed by atoms with E-state index in [1.54, 1.807) is 23.5 Å². The van der Waals surface area contributed by atoms with Crippen molar-refractivity contribution in [2.24, 2.45) is 0 Å². The van der Waals surface area contributed by atoms with Gasteiger partial charge in [-0.3, -0.25) is 14.2 Å². The summed E-state index contributed by atoms with van der Waals surface area (Å²) in [4.78, 5) is 31.6. The highest BCUT2D eigenvalue weighted by atomic mass is 32.1. The van der Waals surface area contributed by atoms with Gasteiger partial charge in [-0.25, -0.2) is 9.37 Å². The molecule has 0 unspecified atom stereocenters. The largest absolute Gasteiger partial charge is 0.492 e. The fourth-order valence-electron chi connectivity index (χ4n) is 3.60. The molecule has 0 saturated heterocycles. The van der Waals surface area contributed by atoms with E-state index in [1.165, 1.54) is 34.3 Å². The summed E-state index contributed by atoms with van der Waals surface area (Å²) in [5.74, 6) is -0.263. The topological polar surface area (TPSA) is 73.2 Å². The molecule has 2 heterocycles. The van der Waals surface area contributed by atoms with Crippen LogP contribution in [0.2, 0.25) is 0 Å². The fraction of sp³-hybridized carbons (Fsp3) is 0.381. The summed E-state index contributed by atoms with van der Waals surface area (Å²) in [5.41, 5.74) is 0.971. The van der Waals surface area contributed by atoms with Crippen LogP contribution in [0.25, 0.3) is 10.2 Å². The molecule has 0 radical (unpaired) electrons. The zero-order valence-corrected chi connectivity index (χ0v) is 16.8. The van der Waals surface area contributed by atoms with Crippen molar-refractivity contribution in [3.8, 4) is 5.75 Å². The van der Waals surface area contributed by atoms with E-state index in [9.17, 15) is 14.0 Å². The Bertz CT molecular complexity index is 1090. The standard InChI is InChI=1S/C21H22FN3O3S/c22-14-5-4-6-15(11-14)28-10-9-23-18(26)12-25-13-24-20-19(21(25)27)16-7-2-1-3-8-17(16)29-20/h4-6,11,13H,1-3,7-10,12H2,(H,23,26). The van der Waals surface area contributed by atoms with E-state index >= 15 is 0 Å². The van der Waals surface area contributed by atoms with Gasteiger partial charge in [0.15, 0.2) is 0 Å². The molecule has 1 amide bonds. The number of halogens is 1. The molecule has 6 nitrogen and oxygen atoms in total. The number of nitrogens with one attached hydrogen (secondary N) is 1. The van der Waals surface area contributed by atoms with E-state index in [0.29, 0.717) is 11.1 Å². The van der Waals surface area contributed by atoms with E-state index in [2.05, 4.69) is 10.3 Å². The highest BCUT2D eigenvalue weighted by molar-refractivity contribution is 7.18. The number of carbonyl (C=O) groups is 1. The number of carbonyl (C=O) groups excluding carboxylic acids is 1. The van der Waals surface area contributed by atoms with Gasteiger partial charge in [0.05, 0.1) is 18.3 Å². The number of aryl methyl sites for hydroxylation is 2. The van der Waals surface area contributed by atoms with Gasteiger partial charge in [0.2, 0.25) is 5.91 Å². The number of hydrogen-bond donors (Lipinski definition) is 1. The Morgan fingerprint density at radius 1 is 1.28 bits per heavy atom. The number of ether oxygens (including phenoxy) is 1. The summed E-state index contributed by atoms with van der Waals surface area (Å²) in [6, 6.07) is 5.83. The average molecular weight is 415 g/mol. The van der Waals surface area contributed by atoms with Gasteiger partial charge < -0.3 is 10.1 Å². The third-order valence-electron chi connectivity index (χ3n) is 4.99. The van der Waals surface area contributed by atoms with Crippen LogP contribution in [0.15, 0.2) is 35.4 Å². The second kappa shape index (κ2) is 8.73. The van der Waals surface area contributed by atoms with Crippen LogP contribution in [0.3, 0.4) is 0 Å². The number of hydrogen-bond acceptors (Lipinski definition) is 5. The second-order valence-corrected chi connectivity index (χ2v) is 8.16. The number of thiophene rings is 1. The van der Waals surface area contributed by atoms with Gasteiger partial charge in [-0.1, -0.05) is 12.5 Å². The normalized spacial score (nSPS) is 13.7. The van der Waals surface area contributed by atoms with Crippen LogP contribution in [0.4, 0.5) is 4.39 Å². The number of fused-ring (bicyclic) bond motifs is 3. The van der Waals surface area contributed by atoms with E-state index in [1.807, 2.05) is 0 Å². The third-order valence-corrected chi connectivity index (χ3v) is 6.19. The Labute approximate surface area is 171 Å². The first kappa shape index (κ1) is 19.6. The quantitative estimate of drug-likeness (QED) is 0.496. The van der Waals surface area contributed by atoms with Crippen molar-refractivity contribution >= 4 is 27.5 Å². The van der Waals surface area contributed by atoms with E-state index in [4.69, 9.17) is 4.74 Å². The summed E-state index contributed by atoms with van der Waals surface area (Å²) < 4.78 is 19.9. The predicted molar refractivity (Wildman–Crippen MR) is 110 cm³/mol. The Morgan fingerprint density at radius 3 is 3.00 bits per heavy atom. The molecule has 1 aromatic carbocycles. The number of amides is 1. The maximum Gasteiger partial charge on any atom is 0.262 e. The summed E-state index contributed by atoms with van der Waals surface area (Å²) in [5, 5.41) is 3.39. The van der Waals surface area contributed by atoms with Crippen LogP contribution < -0.4 is 15.6 Å². The second-order valence-electron chi connectivity index (χ2n) is 7.08. The Kier molecular flexibility index (Phi) is 5.89. The lowest BCUT2D eigenvalue weighted by atomic mass is 10.1. The summed E-state index contributed by atoms with van der Waals surface area (Å²) in [6.07, 6.45) is 6.76. The SMILES string of the molecule is O=C(Cn1cnc2sc3c(c2c1=O)CCCCC3)NCCOc1cccc(F)c1. The molecule has 8 heteroatoms. The maximum atomic E-state index is 13.1.